The molecular weight excluding hydrogens is 424 g/mol. The van der Waals surface area contributed by atoms with E-state index in [-0.39, 0.29) is 0 Å². The largest absolute Gasteiger partial charge is 0.452 e. The van der Waals surface area contributed by atoms with E-state index in [1.54, 1.807) is 43.3 Å². The molecule has 166 valence electrons. The Morgan fingerprint density at radius 2 is 1.79 bits per heavy atom. The highest BCUT2D eigenvalue weighted by atomic mass is 16.5. The summed E-state index contributed by atoms with van der Waals surface area (Å²) in [5, 5.41) is 4.12. The van der Waals surface area contributed by atoms with Crippen LogP contribution in [0.2, 0.25) is 0 Å². The highest BCUT2D eigenvalue weighted by molar-refractivity contribution is 6.08. The van der Waals surface area contributed by atoms with Gasteiger partial charge in [-0.15, -0.1) is 0 Å². The molecule has 9 heteroatoms. The van der Waals surface area contributed by atoms with Gasteiger partial charge in [-0.1, -0.05) is 54.6 Å². The number of para-hydroxylation sites is 1. The number of rotatable bonds is 6. The number of hydrogen-bond donors (Lipinski definition) is 2. The quantitative estimate of drug-likeness (QED) is 0.342. The van der Waals surface area contributed by atoms with Crippen molar-refractivity contribution in [3.63, 3.8) is 0 Å². The van der Waals surface area contributed by atoms with Gasteiger partial charge in [0.1, 0.15) is 5.54 Å². The lowest BCUT2D eigenvalue weighted by Gasteiger charge is -2.22. The number of benzene rings is 2. The highest BCUT2D eigenvalue weighted by Crippen LogP contribution is 2.27. The van der Waals surface area contributed by atoms with Crippen LogP contribution in [0.3, 0.4) is 0 Å². The summed E-state index contributed by atoms with van der Waals surface area (Å²) in [7, 11) is 0. The smallest absolute Gasteiger partial charge is 0.344 e. The second kappa shape index (κ2) is 8.91. The first-order valence-corrected chi connectivity index (χ1v) is 10.1. The zero-order valence-electron chi connectivity index (χ0n) is 17.6. The fourth-order valence-corrected chi connectivity index (χ4v) is 3.38. The van der Waals surface area contributed by atoms with Gasteiger partial charge in [-0.25, -0.2) is 14.6 Å². The summed E-state index contributed by atoms with van der Waals surface area (Å²) in [6.07, 6.45) is 2.61. The van der Waals surface area contributed by atoms with Gasteiger partial charge in [0.05, 0.1) is 11.2 Å². The van der Waals surface area contributed by atoms with Gasteiger partial charge in [-0.3, -0.25) is 15.0 Å². The zero-order valence-corrected chi connectivity index (χ0v) is 17.6. The van der Waals surface area contributed by atoms with Crippen LogP contribution in [-0.2, 0) is 24.7 Å². The molecule has 1 aliphatic heterocycles. The maximum absolute atomic E-state index is 12.8. The van der Waals surface area contributed by atoms with Crippen LogP contribution in [0.5, 0.6) is 0 Å². The van der Waals surface area contributed by atoms with Crippen LogP contribution in [0.25, 0.3) is 17.0 Å². The number of ether oxygens (including phenoxy) is 1. The molecule has 2 heterocycles. The van der Waals surface area contributed by atoms with Gasteiger partial charge < -0.3 is 10.1 Å². The molecule has 2 aromatic carbocycles. The molecule has 1 aromatic heterocycles. The van der Waals surface area contributed by atoms with E-state index in [1.165, 1.54) is 6.08 Å². The predicted octanol–water partition coefficient (Wildman–Crippen LogP) is 2.29. The fraction of sp³-hybridized carbons (Fsp3) is 0.125. The maximum atomic E-state index is 12.8. The monoisotopic (exact) mass is 444 g/mol. The molecule has 0 spiro atoms. The van der Waals surface area contributed by atoms with Crippen molar-refractivity contribution in [2.24, 2.45) is 0 Å². The molecule has 0 radical (unpaired) electrons. The van der Waals surface area contributed by atoms with Crippen LogP contribution < -0.4 is 10.7 Å². The summed E-state index contributed by atoms with van der Waals surface area (Å²) in [5.41, 5.74) is 2.75. The van der Waals surface area contributed by atoms with Crippen LogP contribution in [0.4, 0.5) is 4.79 Å². The number of pyridine rings is 1. The summed E-state index contributed by atoms with van der Waals surface area (Å²) in [4.78, 5) is 53.5. The zero-order chi connectivity index (χ0) is 23.4. The molecule has 1 saturated heterocycles. The van der Waals surface area contributed by atoms with Gasteiger partial charge in [0.15, 0.2) is 6.61 Å². The van der Waals surface area contributed by atoms with Gasteiger partial charge in [-0.2, -0.15) is 5.01 Å². The summed E-state index contributed by atoms with van der Waals surface area (Å²) in [6, 6.07) is 19.0. The number of hydrazine groups is 1. The molecule has 0 aliphatic carbocycles. The number of aromatic nitrogens is 1. The van der Waals surface area contributed by atoms with Crippen molar-refractivity contribution in [2.75, 3.05) is 6.61 Å². The first kappa shape index (κ1) is 21.7. The van der Waals surface area contributed by atoms with E-state index in [9.17, 15) is 19.2 Å². The molecule has 1 unspecified atom stereocenters. The van der Waals surface area contributed by atoms with Gasteiger partial charge in [0.2, 0.25) is 0 Å². The van der Waals surface area contributed by atoms with E-state index < -0.39 is 36.0 Å². The third kappa shape index (κ3) is 4.57. The summed E-state index contributed by atoms with van der Waals surface area (Å²) < 4.78 is 4.90. The first-order valence-electron chi connectivity index (χ1n) is 10.1. The number of imide groups is 1. The lowest BCUT2D eigenvalue weighted by molar-refractivity contribution is -0.147. The Kier molecular flexibility index (Phi) is 5.86. The SMILES string of the molecule is CC1(c2ccccc2)NC(=O)N(NC(=O)COC(=O)/C=C/c2ccc3ccccc3n2)C1=O. The Labute approximate surface area is 189 Å². The summed E-state index contributed by atoms with van der Waals surface area (Å²) in [5.74, 6) is -2.26. The minimum absolute atomic E-state index is 0.551. The second-order valence-corrected chi connectivity index (χ2v) is 7.47. The number of amides is 4. The van der Waals surface area contributed by atoms with Gasteiger partial charge in [0.25, 0.3) is 11.8 Å². The molecule has 0 saturated carbocycles. The third-order valence-electron chi connectivity index (χ3n) is 5.13. The topological polar surface area (TPSA) is 118 Å². The Morgan fingerprint density at radius 3 is 2.58 bits per heavy atom. The normalized spacial score (nSPS) is 17.9. The molecule has 1 aliphatic rings. The van der Waals surface area contributed by atoms with Crippen molar-refractivity contribution in [1.82, 2.24) is 20.7 Å². The van der Waals surface area contributed by atoms with Crippen molar-refractivity contribution in [2.45, 2.75) is 12.5 Å². The Hall–Kier alpha value is -4.53. The van der Waals surface area contributed by atoms with Gasteiger partial charge >= 0.3 is 12.0 Å². The molecule has 1 fully saturated rings. The molecule has 1 atom stereocenters. The van der Waals surface area contributed by atoms with Crippen molar-refractivity contribution in [3.8, 4) is 0 Å². The Balaban J connectivity index is 1.32. The van der Waals surface area contributed by atoms with Crippen LogP contribution in [0, 0.1) is 0 Å². The van der Waals surface area contributed by atoms with E-state index in [0.717, 1.165) is 17.0 Å². The first-order chi connectivity index (χ1) is 15.9. The second-order valence-electron chi connectivity index (χ2n) is 7.47. The predicted molar refractivity (Wildman–Crippen MR) is 119 cm³/mol. The summed E-state index contributed by atoms with van der Waals surface area (Å²) >= 11 is 0. The van der Waals surface area contributed by atoms with Gasteiger partial charge in [-0.05, 0) is 30.7 Å². The van der Waals surface area contributed by atoms with Crippen LogP contribution in [0.1, 0.15) is 18.2 Å². The number of nitrogens with one attached hydrogen (secondary N) is 2. The molecule has 4 amide bonds. The van der Waals surface area contributed by atoms with E-state index >= 15 is 0 Å². The molecule has 9 nitrogen and oxygen atoms in total. The maximum Gasteiger partial charge on any atom is 0.344 e. The van der Waals surface area contributed by atoms with Gasteiger partial charge in [0, 0.05) is 11.5 Å². The average Bonchev–Trinajstić information content (AvgIpc) is 3.05. The third-order valence-corrected chi connectivity index (χ3v) is 5.13. The average molecular weight is 444 g/mol. The molecule has 2 N–H and O–H groups in total. The van der Waals surface area contributed by atoms with E-state index in [4.69, 9.17) is 4.74 Å². The molecular formula is C24H20N4O5. The van der Waals surface area contributed by atoms with Crippen molar-refractivity contribution < 1.29 is 23.9 Å². The number of fused-ring (bicyclic) bond motifs is 1. The molecule has 3 aromatic rings. The van der Waals surface area contributed by atoms with Crippen molar-refractivity contribution >= 4 is 40.8 Å². The molecule has 33 heavy (non-hydrogen) atoms. The van der Waals surface area contributed by atoms with Crippen LogP contribution in [-0.4, -0.2) is 40.4 Å². The standard InChI is InChI=1S/C24H20N4O5/c1-24(17-8-3-2-4-9-17)22(31)28(23(32)26-24)27-20(29)15-33-21(30)14-13-18-12-11-16-7-5-6-10-19(16)25-18/h2-14H,15H2,1H3,(H,26,32)(H,27,29)/b14-13+. The minimum atomic E-state index is -1.32. The van der Waals surface area contributed by atoms with Crippen molar-refractivity contribution in [3.05, 3.63) is 84.1 Å². The number of urea groups is 1. The molecule has 0 bridgehead atoms. The lowest BCUT2D eigenvalue weighted by atomic mass is 9.92. The van der Waals surface area contributed by atoms with Crippen molar-refractivity contribution in [1.29, 1.82) is 0 Å². The minimum Gasteiger partial charge on any atom is -0.452 e. The molecule has 4 rings (SSSR count). The summed E-state index contributed by atoms with van der Waals surface area (Å²) in [6.45, 7) is 0.869. The number of esters is 1. The van der Waals surface area contributed by atoms with Crippen LogP contribution in [0.15, 0.2) is 72.8 Å². The number of carbonyl (C=O) groups is 4. The highest BCUT2D eigenvalue weighted by Gasteiger charge is 2.49. The number of carbonyl (C=O) groups excluding carboxylic acids is 4. The number of hydrogen-bond acceptors (Lipinski definition) is 6. The Bertz CT molecular complexity index is 1270. The Morgan fingerprint density at radius 1 is 1.06 bits per heavy atom. The van der Waals surface area contributed by atoms with Crippen LogP contribution >= 0.6 is 0 Å². The van der Waals surface area contributed by atoms with E-state index in [2.05, 4.69) is 15.7 Å². The fourth-order valence-electron chi connectivity index (χ4n) is 3.38. The number of nitrogens with zero attached hydrogens (tertiary/aromatic N) is 2. The van der Waals surface area contributed by atoms with E-state index in [0.29, 0.717) is 16.3 Å². The lowest BCUT2D eigenvalue weighted by Crippen LogP contribution is -2.49. The van der Waals surface area contributed by atoms with E-state index in [1.807, 2.05) is 30.3 Å².